The van der Waals surface area contributed by atoms with E-state index >= 15 is 0 Å². The van der Waals surface area contributed by atoms with Crippen LogP contribution in [-0.4, -0.2) is 12.1 Å². The van der Waals surface area contributed by atoms with E-state index in [1.165, 1.54) is 26.8 Å². The fraction of sp³-hybridized carbons (Fsp3) is 0.0500. The van der Waals surface area contributed by atoms with Gasteiger partial charge in [0.2, 0.25) is 0 Å². The number of ether oxygens (including phenoxy) is 1. The highest BCUT2D eigenvalue weighted by atomic mass is 32.1. The van der Waals surface area contributed by atoms with Gasteiger partial charge in [0, 0.05) is 33.6 Å². The van der Waals surface area contributed by atoms with Crippen LogP contribution in [0.4, 0.5) is 0 Å². The van der Waals surface area contributed by atoms with Crippen molar-refractivity contribution in [1.29, 1.82) is 0 Å². The van der Waals surface area contributed by atoms with Crippen molar-refractivity contribution in [2.24, 2.45) is 0 Å². The molecule has 0 amide bonds. The number of aromatic nitrogens is 1. The third kappa shape index (κ3) is 2.60. The molecule has 0 radical (unpaired) electrons. The monoisotopic (exact) mass is 317 g/mol. The van der Waals surface area contributed by atoms with Crippen LogP contribution in [0, 0.1) is 0 Å². The predicted molar refractivity (Wildman–Crippen MR) is 97.0 cm³/mol. The van der Waals surface area contributed by atoms with Gasteiger partial charge in [-0.15, -0.1) is 11.3 Å². The molecular weight excluding hydrogens is 302 g/mol. The molecule has 0 aliphatic heterocycles. The van der Waals surface area contributed by atoms with E-state index < -0.39 is 0 Å². The average Bonchev–Trinajstić information content (AvgIpc) is 3.06. The van der Waals surface area contributed by atoms with Gasteiger partial charge in [-0.2, -0.15) is 0 Å². The van der Waals surface area contributed by atoms with E-state index in [1.807, 2.05) is 24.4 Å². The minimum absolute atomic E-state index is 0.879. The van der Waals surface area contributed by atoms with Crippen molar-refractivity contribution in [2.45, 2.75) is 0 Å². The van der Waals surface area contributed by atoms with Crippen LogP contribution in [0.2, 0.25) is 0 Å². The Labute approximate surface area is 139 Å². The molecular formula is C20H15NOS. The van der Waals surface area contributed by atoms with Gasteiger partial charge in [-0.3, -0.25) is 4.98 Å². The molecule has 0 N–H and O–H groups in total. The molecule has 2 heterocycles. The number of fused-ring (bicyclic) bond motifs is 1. The highest BCUT2D eigenvalue weighted by Gasteiger charge is 2.08. The van der Waals surface area contributed by atoms with Crippen LogP contribution in [0.5, 0.6) is 5.75 Å². The summed E-state index contributed by atoms with van der Waals surface area (Å²) in [6.45, 7) is 0. The van der Waals surface area contributed by atoms with Gasteiger partial charge >= 0.3 is 0 Å². The van der Waals surface area contributed by atoms with Gasteiger partial charge in [-0.05, 0) is 40.8 Å². The number of hydrogen-bond donors (Lipinski definition) is 0. The first-order valence-electron chi connectivity index (χ1n) is 7.41. The van der Waals surface area contributed by atoms with E-state index in [-0.39, 0.29) is 0 Å². The Morgan fingerprint density at radius 1 is 0.913 bits per heavy atom. The minimum Gasteiger partial charge on any atom is -0.497 e. The number of benzene rings is 2. The van der Waals surface area contributed by atoms with Gasteiger partial charge in [0.05, 0.1) is 7.11 Å². The van der Waals surface area contributed by atoms with Crippen LogP contribution in [-0.2, 0) is 0 Å². The maximum atomic E-state index is 5.22. The minimum atomic E-state index is 0.879. The number of thiophene rings is 1. The first-order valence-corrected chi connectivity index (χ1v) is 8.29. The lowest BCUT2D eigenvalue weighted by Gasteiger charge is -2.05. The zero-order chi connectivity index (χ0) is 15.6. The highest BCUT2D eigenvalue weighted by Crippen LogP contribution is 2.36. The quantitative estimate of drug-likeness (QED) is 0.488. The van der Waals surface area contributed by atoms with Crippen molar-refractivity contribution in [3.8, 4) is 28.0 Å². The van der Waals surface area contributed by atoms with Crippen molar-refractivity contribution < 1.29 is 4.74 Å². The van der Waals surface area contributed by atoms with Gasteiger partial charge in [-0.25, -0.2) is 0 Å². The normalized spacial score (nSPS) is 10.8. The summed E-state index contributed by atoms with van der Waals surface area (Å²) in [6, 6.07) is 18.9. The molecule has 112 valence electrons. The third-order valence-electron chi connectivity index (χ3n) is 3.97. The summed E-state index contributed by atoms with van der Waals surface area (Å²) in [6.07, 6.45) is 3.72. The van der Waals surface area contributed by atoms with E-state index in [1.54, 1.807) is 24.6 Å². The zero-order valence-corrected chi connectivity index (χ0v) is 13.5. The van der Waals surface area contributed by atoms with Gasteiger partial charge in [0.25, 0.3) is 0 Å². The molecule has 0 bridgehead atoms. The van der Waals surface area contributed by atoms with Crippen molar-refractivity contribution in [3.05, 3.63) is 72.4 Å². The Hall–Kier alpha value is -2.65. The molecule has 4 aromatic rings. The Morgan fingerprint density at radius 2 is 1.74 bits per heavy atom. The molecule has 0 atom stereocenters. The van der Waals surface area contributed by atoms with Crippen molar-refractivity contribution in [1.82, 2.24) is 4.98 Å². The largest absolute Gasteiger partial charge is 0.497 e. The summed E-state index contributed by atoms with van der Waals surface area (Å²) in [5.41, 5.74) is 4.83. The summed E-state index contributed by atoms with van der Waals surface area (Å²) in [5, 5.41) is 3.49. The number of hydrogen-bond acceptors (Lipinski definition) is 3. The summed E-state index contributed by atoms with van der Waals surface area (Å²) in [7, 11) is 1.69. The Balaban J connectivity index is 1.77. The van der Waals surface area contributed by atoms with Crippen molar-refractivity contribution in [2.75, 3.05) is 7.11 Å². The maximum Gasteiger partial charge on any atom is 0.118 e. The van der Waals surface area contributed by atoms with Gasteiger partial charge in [-0.1, -0.05) is 30.3 Å². The molecule has 23 heavy (non-hydrogen) atoms. The van der Waals surface area contributed by atoms with E-state index in [0.29, 0.717) is 0 Å². The molecule has 0 aliphatic rings. The van der Waals surface area contributed by atoms with Crippen LogP contribution < -0.4 is 4.74 Å². The molecule has 3 heteroatoms. The molecule has 0 saturated carbocycles. The second-order valence-corrected chi connectivity index (χ2v) is 6.24. The third-order valence-corrected chi connectivity index (χ3v) is 4.92. The van der Waals surface area contributed by atoms with Crippen molar-refractivity contribution in [3.63, 3.8) is 0 Å². The molecule has 2 aromatic heterocycles. The number of nitrogens with zero attached hydrogens (tertiary/aromatic N) is 1. The smallest absolute Gasteiger partial charge is 0.118 e. The molecule has 4 rings (SSSR count). The van der Waals surface area contributed by atoms with Gasteiger partial charge < -0.3 is 4.74 Å². The van der Waals surface area contributed by atoms with E-state index in [9.17, 15) is 0 Å². The molecule has 0 aliphatic carbocycles. The zero-order valence-electron chi connectivity index (χ0n) is 12.7. The van der Waals surface area contributed by atoms with Crippen molar-refractivity contribution >= 4 is 21.4 Å². The highest BCUT2D eigenvalue weighted by molar-refractivity contribution is 7.17. The number of methoxy groups -OCH3 is 1. The summed E-state index contributed by atoms with van der Waals surface area (Å²) >= 11 is 1.77. The standard InChI is InChI=1S/C20H15NOS/c1-22-17-7-4-14(5-8-17)15-6-9-18-19(13-23-20(18)11-15)16-3-2-10-21-12-16/h2-13H,1H3. The molecule has 2 aromatic carbocycles. The van der Waals surface area contributed by atoms with Gasteiger partial charge in [0.1, 0.15) is 5.75 Å². The number of rotatable bonds is 3. The predicted octanol–water partition coefficient (Wildman–Crippen LogP) is 5.64. The fourth-order valence-electron chi connectivity index (χ4n) is 2.74. The second-order valence-electron chi connectivity index (χ2n) is 5.33. The molecule has 0 spiro atoms. The maximum absolute atomic E-state index is 5.22. The summed E-state index contributed by atoms with van der Waals surface area (Å²) in [4.78, 5) is 4.22. The van der Waals surface area contributed by atoms with Crippen LogP contribution in [0.3, 0.4) is 0 Å². The Morgan fingerprint density at radius 3 is 2.48 bits per heavy atom. The molecule has 0 unspecified atom stereocenters. The Bertz CT molecular complexity index is 942. The van der Waals surface area contributed by atoms with Crippen LogP contribution in [0.25, 0.3) is 32.3 Å². The van der Waals surface area contributed by atoms with E-state index in [4.69, 9.17) is 4.74 Å². The summed E-state index contributed by atoms with van der Waals surface area (Å²) in [5.74, 6) is 0.879. The SMILES string of the molecule is COc1ccc(-c2ccc3c(-c4cccnc4)csc3c2)cc1. The van der Waals surface area contributed by atoms with E-state index in [0.717, 1.165) is 11.3 Å². The van der Waals surface area contributed by atoms with Crippen LogP contribution >= 0.6 is 11.3 Å². The molecule has 0 fully saturated rings. The van der Waals surface area contributed by atoms with Crippen LogP contribution in [0.1, 0.15) is 0 Å². The molecule has 0 saturated heterocycles. The lowest BCUT2D eigenvalue weighted by molar-refractivity contribution is 0.415. The first-order chi connectivity index (χ1) is 11.3. The lowest BCUT2D eigenvalue weighted by atomic mass is 10.0. The fourth-order valence-corrected chi connectivity index (χ4v) is 3.74. The Kier molecular flexibility index (Phi) is 3.56. The first kappa shape index (κ1) is 14.0. The van der Waals surface area contributed by atoms with Gasteiger partial charge in [0.15, 0.2) is 0 Å². The lowest BCUT2D eigenvalue weighted by Crippen LogP contribution is -1.83. The van der Waals surface area contributed by atoms with Crippen LogP contribution in [0.15, 0.2) is 72.4 Å². The van der Waals surface area contributed by atoms with E-state index in [2.05, 4.69) is 46.8 Å². The topological polar surface area (TPSA) is 22.1 Å². The average molecular weight is 317 g/mol. The second kappa shape index (κ2) is 5.86. The molecule has 2 nitrogen and oxygen atoms in total. The summed E-state index contributed by atoms with van der Waals surface area (Å²) < 4.78 is 6.51. The number of pyridine rings is 1.